The van der Waals surface area contributed by atoms with Gasteiger partial charge in [0.05, 0.1) is 48.5 Å². The number of halogens is 2. The van der Waals surface area contributed by atoms with Gasteiger partial charge in [-0.3, -0.25) is 14.4 Å². The van der Waals surface area contributed by atoms with Crippen LogP contribution in [0, 0.1) is 0 Å². The minimum atomic E-state index is -2.98. The lowest BCUT2D eigenvalue weighted by molar-refractivity contribution is -0.0630. The van der Waals surface area contributed by atoms with E-state index in [4.69, 9.17) is 9.47 Å². The maximum atomic E-state index is 14.1. The quantitative estimate of drug-likeness (QED) is 0.270. The van der Waals surface area contributed by atoms with Gasteiger partial charge >= 0.3 is 0 Å². The van der Waals surface area contributed by atoms with Gasteiger partial charge in [0, 0.05) is 32.3 Å². The number of hydrogen-bond acceptors (Lipinski definition) is 11. The number of alkyl halides is 2. The summed E-state index contributed by atoms with van der Waals surface area (Å²) in [7, 11) is 4.93. The Kier molecular flexibility index (Phi) is 7.75. The molecule has 0 radical (unpaired) electrons. The molecule has 214 valence electrons. The minimum absolute atomic E-state index is 0.0101. The fraction of sp³-hybridized carbons (Fsp3) is 0.333. The first-order valence-electron chi connectivity index (χ1n) is 12.8. The first kappa shape index (κ1) is 27.8. The van der Waals surface area contributed by atoms with Gasteiger partial charge in [0.2, 0.25) is 5.88 Å². The molecule has 0 spiro atoms. The summed E-state index contributed by atoms with van der Waals surface area (Å²) < 4.78 is 40.9. The van der Waals surface area contributed by atoms with Gasteiger partial charge < -0.3 is 20.1 Å². The molecule has 0 saturated carbocycles. The summed E-state index contributed by atoms with van der Waals surface area (Å²) in [5, 5.41) is 10.7. The van der Waals surface area contributed by atoms with Crippen molar-refractivity contribution in [3.8, 4) is 23.0 Å². The molecule has 0 aliphatic carbocycles. The number of anilines is 4. The Morgan fingerprint density at radius 3 is 2.51 bits per heavy atom. The Bertz CT molecular complexity index is 1550. The van der Waals surface area contributed by atoms with Gasteiger partial charge in [0.15, 0.2) is 23.5 Å². The van der Waals surface area contributed by atoms with E-state index in [-0.39, 0.29) is 31.2 Å². The number of benzene rings is 1. The van der Waals surface area contributed by atoms with Crippen LogP contribution in [0.4, 0.5) is 31.8 Å². The molecule has 1 aromatic carbocycles. The van der Waals surface area contributed by atoms with Crippen molar-refractivity contribution < 1.29 is 23.0 Å². The number of aryl methyl sites for hydroxylation is 1. The van der Waals surface area contributed by atoms with Crippen LogP contribution in [0.5, 0.6) is 11.6 Å². The van der Waals surface area contributed by atoms with Crippen LogP contribution in [0.3, 0.4) is 0 Å². The van der Waals surface area contributed by atoms with Crippen LogP contribution >= 0.6 is 0 Å². The minimum Gasteiger partial charge on any atom is -0.494 e. The van der Waals surface area contributed by atoms with Crippen LogP contribution in [-0.2, 0) is 7.05 Å². The fourth-order valence-corrected chi connectivity index (χ4v) is 4.46. The average Bonchev–Trinajstić information content (AvgIpc) is 3.49. The standard InChI is InChI=1S/C27H29F2N9O3/c1-5-20(39)17-10-30-22(35-23-11-32-24(12-31-23)41-21-13-37(2)14-27(21,28)29)9-19(17)34-18-8-6-7-16(25(18)40-4)26-33-15-38(3)36-26/h6-12,15,21H,5,13-14H2,1-4H3,(H2,30,31,34,35)/t21-/m0/s1. The van der Waals surface area contributed by atoms with Gasteiger partial charge in [-0.25, -0.2) is 28.7 Å². The predicted octanol–water partition coefficient (Wildman–Crippen LogP) is 4.08. The highest BCUT2D eigenvalue weighted by molar-refractivity contribution is 6.02. The highest BCUT2D eigenvalue weighted by Gasteiger charge is 2.49. The number of aromatic nitrogens is 6. The zero-order valence-corrected chi connectivity index (χ0v) is 22.9. The number of Topliss-reactive ketones (excluding diaryl/α,β-unsaturated/α-hetero) is 1. The molecule has 5 rings (SSSR count). The van der Waals surface area contributed by atoms with Crippen molar-refractivity contribution in [2.24, 2.45) is 7.05 Å². The van der Waals surface area contributed by atoms with E-state index >= 15 is 0 Å². The summed E-state index contributed by atoms with van der Waals surface area (Å²) in [6, 6.07) is 7.15. The summed E-state index contributed by atoms with van der Waals surface area (Å²) in [5.41, 5.74) is 2.14. The molecule has 12 nitrogen and oxygen atoms in total. The van der Waals surface area contributed by atoms with Gasteiger partial charge in [-0.15, -0.1) is 0 Å². The fourth-order valence-electron chi connectivity index (χ4n) is 4.46. The number of hydrogen-bond donors (Lipinski definition) is 2. The number of nitrogens with one attached hydrogen (secondary N) is 2. The van der Waals surface area contributed by atoms with Gasteiger partial charge in [-0.05, 0) is 19.2 Å². The molecule has 41 heavy (non-hydrogen) atoms. The number of rotatable bonds is 10. The molecule has 4 aromatic rings. The zero-order valence-electron chi connectivity index (χ0n) is 22.9. The van der Waals surface area contributed by atoms with Crippen LogP contribution in [0.15, 0.2) is 49.2 Å². The second kappa shape index (κ2) is 11.4. The van der Waals surface area contributed by atoms with Crippen molar-refractivity contribution in [3.63, 3.8) is 0 Å². The number of methoxy groups -OCH3 is 1. The number of ketones is 1. The molecule has 0 amide bonds. The summed E-state index contributed by atoms with van der Waals surface area (Å²) >= 11 is 0. The number of likely N-dealkylation sites (N-methyl/N-ethyl adjacent to an activating group) is 1. The number of pyridine rings is 1. The van der Waals surface area contributed by atoms with Crippen LogP contribution in [-0.4, -0.2) is 79.7 Å². The highest BCUT2D eigenvalue weighted by Crippen LogP contribution is 2.37. The third-order valence-corrected chi connectivity index (χ3v) is 6.43. The molecular weight excluding hydrogens is 536 g/mol. The Labute approximate surface area is 234 Å². The average molecular weight is 566 g/mol. The second-order valence-corrected chi connectivity index (χ2v) is 9.57. The first-order chi connectivity index (χ1) is 19.7. The maximum Gasteiger partial charge on any atom is 0.297 e. The Hall–Kier alpha value is -4.72. The third kappa shape index (κ3) is 6.06. The maximum absolute atomic E-state index is 14.1. The second-order valence-electron chi connectivity index (χ2n) is 9.57. The number of para-hydroxylation sites is 1. The van der Waals surface area contributed by atoms with Crippen molar-refractivity contribution in [1.29, 1.82) is 0 Å². The van der Waals surface area contributed by atoms with E-state index in [1.54, 1.807) is 45.2 Å². The van der Waals surface area contributed by atoms with Crippen molar-refractivity contribution in [1.82, 2.24) is 34.6 Å². The Morgan fingerprint density at radius 2 is 1.88 bits per heavy atom. The zero-order chi connectivity index (χ0) is 29.1. The van der Waals surface area contributed by atoms with Crippen molar-refractivity contribution >= 4 is 28.8 Å². The molecule has 3 aromatic heterocycles. The van der Waals surface area contributed by atoms with E-state index in [0.717, 1.165) is 0 Å². The van der Waals surface area contributed by atoms with Crippen molar-refractivity contribution in [2.75, 3.05) is 37.9 Å². The van der Waals surface area contributed by atoms with E-state index < -0.39 is 12.0 Å². The normalized spacial score (nSPS) is 16.4. The monoisotopic (exact) mass is 565 g/mol. The Balaban J connectivity index is 1.38. The van der Waals surface area contributed by atoms with Crippen LogP contribution in [0.25, 0.3) is 11.4 Å². The molecule has 1 aliphatic heterocycles. The van der Waals surface area contributed by atoms with Crippen LogP contribution < -0.4 is 20.1 Å². The van der Waals surface area contributed by atoms with Gasteiger partial charge in [-0.2, -0.15) is 5.10 Å². The first-order valence-corrected chi connectivity index (χ1v) is 12.8. The van der Waals surface area contributed by atoms with Gasteiger partial charge in [-0.1, -0.05) is 13.0 Å². The largest absolute Gasteiger partial charge is 0.494 e. The van der Waals surface area contributed by atoms with Crippen molar-refractivity contribution in [2.45, 2.75) is 25.4 Å². The number of ether oxygens (including phenoxy) is 2. The number of nitrogens with zero attached hydrogens (tertiary/aromatic N) is 7. The van der Waals surface area contributed by atoms with E-state index in [9.17, 15) is 13.6 Å². The molecule has 1 saturated heterocycles. The summed E-state index contributed by atoms with van der Waals surface area (Å²) in [6.07, 6.45) is 4.67. The highest BCUT2D eigenvalue weighted by atomic mass is 19.3. The number of carbonyl (C=O) groups excluding carboxylic acids is 1. The molecule has 0 unspecified atom stereocenters. The lowest BCUT2D eigenvalue weighted by Crippen LogP contribution is -2.36. The van der Waals surface area contributed by atoms with Gasteiger partial charge in [0.1, 0.15) is 18.0 Å². The molecular formula is C27H29F2N9O3. The molecule has 2 N–H and O–H groups in total. The Morgan fingerprint density at radius 1 is 1.07 bits per heavy atom. The van der Waals surface area contributed by atoms with E-state index in [2.05, 4.69) is 35.7 Å². The van der Waals surface area contributed by atoms with Gasteiger partial charge in [0.25, 0.3) is 5.92 Å². The molecule has 0 bridgehead atoms. The lowest BCUT2D eigenvalue weighted by atomic mass is 10.1. The van der Waals surface area contributed by atoms with Crippen LogP contribution in [0.1, 0.15) is 23.7 Å². The molecule has 4 heterocycles. The number of likely N-dealkylation sites (tertiary alicyclic amines) is 1. The van der Waals surface area contributed by atoms with E-state index in [1.807, 2.05) is 18.2 Å². The summed E-state index contributed by atoms with van der Waals surface area (Å²) in [4.78, 5) is 31.3. The molecule has 1 atom stereocenters. The number of carbonyl (C=O) groups is 1. The third-order valence-electron chi connectivity index (χ3n) is 6.43. The predicted molar refractivity (Wildman–Crippen MR) is 147 cm³/mol. The summed E-state index contributed by atoms with van der Waals surface area (Å²) in [5.74, 6) is -1.43. The van der Waals surface area contributed by atoms with Crippen molar-refractivity contribution in [3.05, 3.63) is 54.7 Å². The summed E-state index contributed by atoms with van der Waals surface area (Å²) in [6.45, 7) is 1.48. The SMILES string of the molecule is CCC(=O)c1cnc(Nc2cnc(O[C@H]3CN(C)CC3(F)F)cn2)cc1Nc1cccc(-c2ncn(C)n2)c1OC. The van der Waals surface area contributed by atoms with E-state index in [1.165, 1.54) is 23.5 Å². The molecule has 1 fully saturated rings. The smallest absolute Gasteiger partial charge is 0.297 e. The van der Waals surface area contributed by atoms with E-state index in [0.29, 0.717) is 45.7 Å². The lowest BCUT2D eigenvalue weighted by Gasteiger charge is -2.18. The molecule has 1 aliphatic rings. The molecule has 14 heteroatoms. The van der Waals surface area contributed by atoms with Crippen LogP contribution in [0.2, 0.25) is 0 Å². The topological polar surface area (TPSA) is 132 Å².